The third-order valence-corrected chi connectivity index (χ3v) is 3.27. The molecule has 0 fully saturated rings. The summed E-state index contributed by atoms with van der Waals surface area (Å²) < 4.78 is 1.96. The second-order valence-electron chi connectivity index (χ2n) is 5.22. The number of hydrogen-bond acceptors (Lipinski definition) is 3. The number of non-ortho nitro benzene ring substituents is 1. The van der Waals surface area contributed by atoms with E-state index in [1.165, 1.54) is 6.07 Å². The Hall–Kier alpha value is -2.35. The molecule has 0 aliphatic carbocycles. The highest BCUT2D eigenvalue weighted by molar-refractivity contribution is 5.89. The Morgan fingerprint density at radius 2 is 2.16 bits per heavy atom. The first-order chi connectivity index (χ1) is 8.94. The van der Waals surface area contributed by atoms with E-state index in [0.29, 0.717) is 18.4 Å². The van der Waals surface area contributed by atoms with Gasteiger partial charge in [0, 0.05) is 18.8 Å². The molecule has 1 aromatic carbocycles. The van der Waals surface area contributed by atoms with Crippen molar-refractivity contribution in [3.63, 3.8) is 0 Å². The van der Waals surface area contributed by atoms with Crippen molar-refractivity contribution in [1.82, 2.24) is 4.57 Å². The minimum atomic E-state index is -0.392. The van der Waals surface area contributed by atoms with Crippen LogP contribution in [0.2, 0.25) is 0 Å². The third kappa shape index (κ3) is 2.58. The van der Waals surface area contributed by atoms with Gasteiger partial charge in [-0.15, -0.1) is 0 Å². The summed E-state index contributed by atoms with van der Waals surface area (Å²) in [5.41, 5.74) is 0.566. The van der Waals surface area contributed by atoms with Crippen molar-refractivity contribution in [2.45, 2.75) is 26.8 Å². The van der Waals surface area contributed by atoms with Crippen LogP contribution in [-0.4, -0.2) is 9.49 Å². The zero-order valence-electron chi connectivity index (χ0n) is 11.0. The van der Waals surface area contributed by atoms with E-state index in [-0.39, 0.29) is 10.6 Å². The normalized spacial score (nSPS) is 11.4. The summed E-state index contributed by atoms with van der Waals surface area (Å²) in [7, 11) is 0. The van der Waals surface area contributed by atoms with E-state index in [1.54, 1.807) is 12.1 Å². The minimum absolute atomic E-state index is 0.121. The molecule has 0 atom stereocenters. The topological polar surface area (TPSA) is 71.9 Å². The molecule has 5 heteroatoms. The van der Waals surface area contributed by atoms with Gasteiger partial charge in [-0.1, -0.05) is 6.07 Å². The lowest BCUT2D eigenvalue weighted by Gasteiger charge is -2.15. The smallest absolute Gasteiger partial charge is 0.278 e. The molecule has 1 aromatic heterocycles. The van der Waals surface area contributed by atoms with Gasteiger partial charge < -0.3 is 4.57 Å². The standard InChI is InChI=1S/C14H15N3O2/c1-14(2,10-15)7-9-16-8-6-11-12(16)4-3-5-13(11)17(18)19/h3-6,8H,7,9H2,1-2H3. The summed E-state index contributed by atoms with van der Waals surface area (Å²) in [5, 5.41) is 20.6. The predicted molar refractivity (Wildman–Crippen MR) is 72.6 cm³/mol. The maximum atomic E-state index is 10.9. The molecule has 2 aromatic rings. The molecule has 0 radical (unpaired) electrons. The summed E-state index contributed by atoms with van der Waals surface area (Å²) in [5.74, 6) is 0. The maximum Gasteiger partial charge on any atom is 0.278 e. The molecule has 5 nitrogen and oxygen atoms in total. The van der Waals surface area contributed by atoms with Crippen LogP contribution in [0.25, 0.3) is 10.9 Å². The summed E-state index contributed by atoms with van der Waals surface area (Å²) in [4.78, 5) is 10.6. The number of benzene rings is 1. The number of rotatable bonds is 4. The van der Waals surface area contributed by atoms with Crippen molar-refractivity contribution in [2.75, 3.05) is 0 Å². The number of hydrogen-bond donors (Lipinski definition) is 0. The fraction of sp³-hybridized carbons (Fsp3) is 0.357. The molecule has 0 bridgehead atoms. The van der Waals surface area contributed by atoms with E-state index in [2.05, 4.69) is 6.07 Å². The van der Waals surface area contributed by atoms with E-state index in [0.717, 1.165) is 5.52 Å². The molecule has 0 amide bonds. The van der Waals surface area contributed by atoms with E-state index < -0.39 is 5.41 Å². The highest BCUT2D eigenvalue weighted by Crippen LogP contribution is 2.27. The molecule has 0 spiro atoms. The predicted octanol–water partition coefficient (Wildman–Crippen LogP) is 3.49. The van der Waals surface area contributed by atoms with Crippen molar-refractivity contribution in [1.29, 1.82) is 5.26 Å². The maximum absolute atomic E-state index is 10.9. The van der Waals surface area contributed by atoms with Crippen LogP contribution in [0.4, 0.5) is 5.69 Å². The molecule has 19 heavy (non-hydrogen) atoms. The van der Waals surface area contributed by atoms with Gasteiger partial charge in [0.05, 0.1) is 27.3 Å². The molecule has 2 rings (SSSR count). The Morgan fingerprint density at radius 1 is 1.42 bits per heavy atom. The van der Waals surface area contributed by atoms with Crippen molar-refractivity contribution < 1.29 is 4.92 Å². The number of aryl methyl sites for hydroxylation is 1. The average molecular weight is 257 g/mol. The van der Waals surface area contributed by atoms with E-state index in [9.17, 15) is 10.1 Å². The first-order valence-electron chi connectivity index (χ1n) is 6.08. The van der Waals surface area contributed by atoms with Crippen LogP contribution in [0.3, 0.4) is 0 Å². The van der Waals surface area contributed by atoms with Crippen LogP contribution < -0.4 is 0 Å². The number of nitrogens with zero attached hydrogens (tertiary/aromatic N) is 3. The third-order valence-electron chi connectivity index (χ3n) is 3.27. The van der Waals surface area contributed by atoms with Gasteiger partial charge in [-0.3, -0.25) is 10.1 Å². The van der Waals surface area contributed by atoms with Crippen molar-refractivity contribution >= 4 is 16.6 Å². The SMILES string of the molecule is CC(C)(C#N)CCn1ccc2c([N+](=O)[O-])cccc21. The molecule has 0 saturated heterocycles. The monoisotopic (exact) mass is 257 g/mol. The lowest BCUT2D eigenvalue weighted by atomic mass is 9.91. The summed E-state index contributed by atoms with van der Waals surface area (Å²) in [6.07, 6.45) is 2.54. The number of nitro groups is 1. The van der Waals surface area contributed by atoms with Gasteiger partial charge in [-0.05, 0) is 32.4 Å². The minimum Gasteiger partial charge on any atom is -0.347 e. The lowest BCUT2D eigenvalue weighted by molar-refractivity contribution is -0.383. The number of nitro benzene ring substituents is 1. The number of fused-ring (bicyclic) bond motifs is 1. The molecule has 0 saturated carbocycles. The second-order valence-corrected chi connectivity index (χ2v) is 5.22. The Morgan fingerprint density at radius 3 is 2.79 bits per heavy atom. The molecule has 0 unspecified atom stereocenters. The van der Waals surface area contributed by atoms with Crippen LogP contribution in [0, 0.1) is 26.9 Å². The largest absolute Gasteiger partial charge is 0.347 e. The highest BCUT2D eigenvalue weighted by Gasteiger charge is 2.18. The molecule has 0 aliphatic rings. The first kappa shape index (κ1) is 13.1. The molecule has 0 N–H and O–H groups in total. The second kappa shape index (κ2) is 4.73. The highest BCUT2D eigenvalue weighted by atomic mass is 16.6. The fourth-order valence-corrected chi connectivity index (χ4v) is 2.02. The van der Waals surface area contributed by atoms with Crippen LogP contribution in [0.1, 0.15) is 20.3 Å². The quantitative estimate of drug-likeness (QED) is 0.621. The average Bonchev–Trinajstić information content (AvgIpc) is 2.79. The van der Waals surface area contributed by atoms with Crippen molar-refractivity contribution in [3.05, 3.63) is 40.6 Å². The van der Waals surface area contributed by atoms with Crippen LogP contribution in [-0.2, 0) is 6.54 Å². The Kier molecular flexibility index (Phi) is 3.26. The van der Waals surface area contributed by atoms with E-state index in [4.69, 9.17) is 5.26 Å². The van der Waals surface area contributed by atoms with Gasteiger partial charge in [0.1, 0.15) is 0 Å². The van der Waals surface area contributed by atoms with Gasteiger partial charge in [-0.25, -0.2) is 0 Å². The zero-order chi connectivity index (χ0) is 14.0. The number of nitriles is 1. The van der Waals surface area contributed by atoms with E-state index in [1.807, 2.05) is 30.7 Å². The van der Waals surface area contributed by atoms with Crippen LogP contribution >= 0.6 is 0 Å². The summed E-state index contributed by atoms with van der Waals surface area (Å²) >= 11 is 0. The first-order valence-corrected chi connectivity index (χ1v) is 6.08. The van der Waals surface area contributed by atoms with Gasteiger partial charge >= 0.3 is 0 Å². The molecule has 0 aliphatic heterocycles. The Bertz CT molecular complexity index is 665. The van der Waals surface area contributed by atoms with Crippen molar-refractivity contribution in [3.8, 4) is 6.07 Å². The molecule has 1 heterocycles. The zero-order valence-corrected chi connectivity index (χ0v) is 11.0. The van der Waals surface area contributed by atoms with Crippen LogP contribution in [0.15, 0.2) is 30.5 Å². The van der Waals surface area contributed by atoms with Crippen molar-refractivity contribution in [2.24, 2.45) is 5.41 Å². The summed E-state index contributed by atoms with van der Waals surface area (Å²) in [6.45, 7) is 4.45. The van der Waals surface area contributed by atoms with Crippen LogP contribution in [0.5, 0.6) is 0 Å². The van der Waals surface area contributed by atoms with Gasteiger partial charge in [0.25, 0.3) is 5.69 Å². The summed E-state index contributed by atoms with van der Waals surface area (Å²) in [6, 6.07) is 9.07. The number of aromatic nitrogens is 1. The molecule has 98 valence electrons. The van der Waals surface area contributed by atoms with E-state index >= 15 is 0 Å². The fourth-order valence-electron chi connectivity index (χ4n) is 2.02. The van der Waals surface area contributed by atoms with Gasteiger partial charge in [-0.2, -0.15) is 5.26 Å². The van der Waals surface area contributed by atoms with Gasteiger partial charge in [0.2, 0.25) is 0 Å². The van der Waals surface area contributed by atoms with Gasteiger partial charge in [0.15, 0.2) is 0 Å². The molecular weight excluding hydrogens is 242 g/mol. The Balaban J connectivity index is 2.34. The molecular formula is C14H15N3O2. The lowest BCUT2D eigenvalue weighted by Crippen LogP contribution is -2.11. The Labute approximate surface area is 111 Å².